The van der Waals surface area contributed by atoms with Crippen LogP contribution in [0.1, 0.15) is 123 Å². The Balaban J connectivity index is 0.806. The molecule has 1 unspecified atom stereocenters. The van der Waals surface area contributed by atoms with E-state index >= 15 is 4.39 Å². The van der Waals surface area contributed by atoms with E-state index in [4.69, 9.17) is 23.2 Å². The van der Waals surface area contributed by atoms with Crippen LogP contribution in [0.25, 0.3) is 0 Å². The highest BCUT2D eigenvalue weighted by Gasteiger charge is 2.69. The summed E-state index contributed by atoms with van der Waals surface area (Å²) >= 11 is 12.8. The van der Waals surface area contributed by atoms with Gasteiger partial charge in [-0.15, -0.1) is 0 Å². The topological polar surface area (TPSA) is 145 Å². The number of unbranched alkanes of at least 4 members (excludes halogenated alkanes) is 2. The predicted molar refractivity (Wildman–Crippen MR) is 233 cm³/mol. The van der Waals surface area contributed by atoms with Crippen LogP contribution in [0.3, 0.4) is 0 Å². The van der Waals surface area contributed by atoms with Crippen LogP contribution < -0.4 is 16.0 Å². The number of likely N-dealkylation sites (tertiary alicyclic amines) is 1. The lowest BCUT2D eigenvalue weighted by Gasteiger charge is -2.41. The number of halogens is 3. The second-order valence-corrected chi connectivity index (χ2v) is 18.2. The molecule has 1 saturated carbocycles. The molecule has 4 aromatic carbocycles. The van der Waals surface area contributed by atoms with Crippen LogP contribution in [0.15, 0.2) is 78.9 Å². The van der Waals surface area contributed by atoms with Gasteiger partial charge in [0.25, 0.3) is 11.8 Å². The van der Waals surface area contributed by atoms with Crippen LogP contribution in [0.5, 0.6) is 0 Å². The summed E-state index contributed by atoms with van der Waals surface area (Å²) in [5.41, 5.74) is 2.96. The van der Waals surface area contributed by atoms with Crippen molar-refractivity contribution < 1.29 is 33.2 Å². The summed E-state index contributed by atoms with van der Waals surface area (Å²) in [5, 5.41) is 9.65. The number of Topliss-reactive ketones (excluding diaryl/α,β-unsaturated/α-hetero) is 1. The van der Waals surface area contributed by atoms with Crippen molar-refractivity contribution in [2.75, 3.05) is 11.9 Å². The lowest BCUT2D eigenvalue weighted by atomic mass is 9.73. The van der Waals surface area contributed by atoms with Gasteiger partial charge in [-0.1, -0.05) is 83.6 Å². The van der Waals surface area contributed by atoms with E-state index in [-0.39, 0.29) is 58.8 Å². The molecular weight excluding hydrogens is 844 g/mol. The van der Waals surface area contributed by atoms with Gasteiger partial charge in [-0.3, -0.25) is 43.9 Å². The first-order chi connectivity index (χ1) is 30.4. The van der Waals surface area contributed by atoms with Crippen LogP contribution in [-0.4, -0.2) is 69.8 Å². The van der Waals surface area contributed by atoms with Gasteiger partial charge in [-0.2, -0.15) is 0 Å². The van der Waals surface area contributed by atoms with E-state index in [0.717, 1.165) is 28.9 Å². The zero-order chi connectivity index (χ0) is 43.7. The number of piperidine rings is 1. The monoisotopic (exact) mass is 885 g/mol. The Morgan fingerprint density at radius 3 is 2.46 bits per heavy atom. The summed E-state index contributed by atoms with van der Waals surface area (Å²) in [6, 6.07) is 21.4. The summed E-state index contributed by atoms with van der Waals surface area (Å²) in [6.07, 6.45) is 4.95. The van der Waals surface area contributed by atoms with Gasteiger partial charge in [0.05, 0.1) is 16.1 Å². The predicted octanol–water partition coefficient (Wildman–Crippen LogP) is 7.46. The van der Waals surface area contributed by atoms with Crippen LogP contribution in [0.2, 0.25) is 10.0 Å². The van der Waals surface area contributed by atoms with Crippen molar-refractivity contribution in [1.82, 2.24) is 20.4 Å². The van der Waals surface area contributed by atoms with Gasteiger partial charge in [-0.25, -0.2) is 4.39 Å². The molecule has 3 N–H and O–H groups in total. The standard InChI is InChI=1S/C49H42Cl2FN5O6/c50-30-19-20-33-36(23-30)54-48(63)49(33)42(32-10-6-11-34(51)43(32)52)44-38(56(49)25-26-13-14-26)24-35(53-44)27-15-17-28(18-16-27)39(58)12-4-2-1-3-7-29-8-5-9-31-41(29)47(62)57(46(31)61)37-21-22-40(59)55-45(37)60/h5-6,8-11,15-20,23,26,35,37-38,42,44,53H,1-2,4,12-14,21-22,24-25H2,(H,54,63)(H,55,59,60)/t35-,37?,38+,42+,44-,49-/m1/s1. The number of carbonyl (C=O) groups is 6. The smallest absolute Gasteiger partial charge is 0.263 e. The Kier molecular flexibility index (Phi) is 10.6. The molecule has 11 nitrogen and oxygen atoms in total. The lowest BCUT2D eigenvalue weighted by Crippen LogP contribution is -2.54. The minimum atomic E-state index is -1.18. The SMILES string of the molecule is O=C1CCC(N2C(=O)c3cccc(C#CCCCCC(=O)c4ccc([C@H]5C[C@H]6[C@@H](N5)[C@H](c5cccc(Cl)c5F)[C@]5(C(=O)Nc7cc(Cl)ccc75)N6CC5CC5)cc4)c3C2=O)C(=O)N1. The Morgan fingerprint density at radius 1 is 0.889 bits per heavy atom. The van der Waals surface area contributed by atoms with Gasteiger partial charge < -0.3 is 10.6 Å². The third-order valence-corrected chi connectivity index (χ3v) is 14.2. The van der Waals surface area contributed by atoms with Gasteiger partial charge in [0.2, 0.25) is 17.7 Å². The van der Waals surface area contributed by atoms with Crippen LogP contribution >= 0.6 is 23.2 Å². The normalized spacial score (nSPS) is 26.0. The first kappa shape index (κ1) is 41.3. The van der Waals surface area contributed by atoms with Crippen molar-refractivity contribution in [2.45, 2.75) is 93.4 Å². The molecule has 1 spiro atoms. The maximum atomic E-state index is 16.2. The molecule has 14 heteroatoms. The maximum Gasteiger partial charge on any atom is 0.263 e. The summed E-state index contributed by atoms with van der Waals surface area (Å²) in [6.45, 7) is 0.697. The summed E-state index contributed by atoms with van der Waals surface area (Å²) in [5.74, 6) is 2.91. The highest BCUT2D eigenvalue weighted by molar-refractivity contribution is 6.31. The second kappa shape index (κ2) is 16.1. The van der Waals surface area contributed by atoms with Gasteiger partial charge >= 0.3 is 0 Å². The Hall–Kier alpha value is -5.71. The molecule has 0 aromatic heterocycles. The van der Waals surface area contributed by atoms with Crippen molar-refractivity contribution >= 4 is 64.2 Å². The van der Waals surface area contributed by atoms with E-state index in [0.29, 0.717) is 72.0 Å². The minimum Gasteiger partial charge on any atom is -0.324 e. The zero-order valence-electron chi connectivity index (χ0n) is 34.0. The molecular formula is C49H42Cl2FN5O6. The molecule has 320 valence electrons. The molecule has 0 radical (unpaired) electrons. The molecule has 4 fully saturated rings. The van der Waals surface area contributed by atoms with Gasteiger partial charge in [0.1, 0.15) is 17.4 Å². The third kappa shape index (κ3) is 6.97. The number of nitrogens with one attached hydrogen (secondary N) is 3. The molecule has 3 saturated heterocycles. The fourth-order valence-corrected chi connectivity index (χ4v) is 11.0. The number of carbonyl (C=O) groups excluding carboxylic acids is 6. The fraction of sp³-hybridized carbons (Fsp3) is 0.347. The van der Waals surface area contributed by atoms with Gasteiger partial charge in [0, 0.05) is 77.3 Å². The molecule has 1 aliphatic carbocycles. The summed E-state index contributed by atoms with van der Waals surface area (Å²) in [4.78, 5) is 81.7. The average molecular weight is 887 g/mol. The fourth-order valence-electron chi connectivity index (χ4n) is 10.6. The first-order valence-electron chi connectivity index (χ1n) is 21.5. The molecule has 5 amide bonds. The van der Waals surface area contributed by atoms with E-state index in [1.807, 2.05) is 30.3 Å². The summed E-state index contributed by atoms with van der Waals surface area (Å²) < 4.78 is 16.2. The number of imide groups is 2. The molecule has 5 aliphatic heterocycles. The van der Waals surface area contributed by atoms with E-state index < -0.39 is 46.9 Å². The highest BCUT2D eigenvalue weighted by Crippen LogP contribution is 2.61. The van der Waals surface area contributed by atoms with Crippen LogP contribution in [0.4, 0.5) is 10.1 Å². The van der Waals surface area contributed by atoms with Crippen LogP contribution in [-0.2, 0) is 19.9 Å². The molecule has 10 rings (SSSR count). The largest absolute Gasteiger partial charge is 0.324 e. The van der Waals surface area contributed by atoms with Crippen LogP contribution in [0, 0.1) is 23.6 Å². The quantitative estimate of drug-likeness (QED) is 0.0645. The number of hydrogen-bond donors (Lipinski definition) is 3. The maximum absolute atomic E-state index is 16.2. The zero-order valence-corrected chi connectivity index (χ0v) is 35.5. The average Bonchev–Trinajstić information content (AvgIpc) is 3.74. The number of fused-ring (bicyclic) bond motifs is 4. The Morgan fingerprint density at radius 2 is 1.68 bits per heavy atom. The minimum absolute atomic E-state index is 0.00403. The second-order valence-electron chi connectivity index (χ2n) is 17.4. The molecule has 4 aromatic rings. The highest BCUT2D eigenvalue weighted by atomic mass is 35.5. The first-order valence-corrected chi connectivity index (χ1v) is 22.3. The number of rotatable bonds is 10. The molecule has 0 bridgehead atoms. The molecule has 5 heterocycles. The van der Waals surface area contributed by atoms with Crippen molar-refractivity contribution in [3.8, 4) is 11.8 Å². The van der Waals surface area contributed by atoms with E-state index in [2.05, 4.69) is 32.7 Å². The number of nitrogens with zero attached hydrogens (tertiary/aromatic N) is 2. The third-order valence-electron chi connectivity index (χ3n) is 13.7. The van der Waals surface area contributed by atoms with Crippen molar-refractivity contribution in [2.24, 2.45) is 5.92 Å². The number of amides is 5. The Labute approximate surface area is 373 Å². The number of hydrogen-bond acceptors (Lipinski definition) is 8. The summed E-state index contributed by atoms with van der Waals surface area (Å²) in [7, 11) is 0. The van der Waals surface area contributed by atoms with Crippen molar-refractivity contribution in [3.63, 3.8) is 0 Å². The van der Waals surface area contributed by atoms with Gasteiger partial charge in [-0.05, 0) is 85.9 Å². The number of anilines is 1. The van der Waals surface area contributed by atoms with E-state index in [9.17, 15) is 28.8 Å². The lowest BCUT2D eigenvalue weighted by molar-refractivity contribution is -0.136. The van der Waals surface area contributed by atoms with Gasteiger partial charge in [0.15, 0.2) is 5.78 Å². The van der Waals surface area contributed by atoms with E-state index in [1.54, 1.807) is 36.4 Å². The van der Waals surface area contributed by atoms with Crippen molar-refractivity contribution in [3.05, 3.63) is 134 Å². The number of ketones is 1. The molecule has 6 atom stereocenters. The number of benzene rings is 4. The molecule has 63 heavy (non-hydrogen) atoms. The van der Waals surface area contributed by atoms with E-state index in [1.165, 1.54) is 12.1 Å². The molecule has 6 aliphatic rings. The van der Waals surface area contributed by atoms with Crippen molar-refractivity contribution in [1.29, 1.82) is 0 Å². The Bertz CT molecular complexity index is 2710.